The molecule has 0 N–H and O–H groups in total. The number of hydrogen-bond acceptors (Lipinski definition) is 3. The van der Waals surface area contributed by atoms with Crippen molar-refractivity contribution in [1.82, 2.24) is 4.90 Å². The third kappa shape index (κ3) is 4.51. The van der Waals surface area contributed by atoms with Gasteiger partial charge in [-0.15, -0.1) is 0 Å². The van der Waals surface area contributed by atoms with Crippen LogP contribution in [0.15, 0.2) is 24.3 Å². The van der Waals surface area contributed by atoms with Crippen molar-refractivity contribution in [3.63, 3.8) is 0 Å². The molecule has 1 unspecified atom stereocenters. The minimum absolute atomic E-state index is 0.0930. The molecule has 1 saturated heterocycles. The summed E-state index contributed by atoms with van der Waals surface area (Å²) in [7, 11) is 0. The van der Waals surface area contributed by atoms with Crippen molar-refractivity contribution in [3.05, 3.63) is 34.9 Å². The number of nitrogens with zero attached hydrogens (tertiary/aromatic N) is 1. The normalized spacial score (nSPS) is 18.0. The van der Waals surface area contributed by atoms with Crippen LogP contribution >= 0.6 is 11.6 Å². The Balaban J connectivity index is 1.84. The van der Waals surface area contributed by atoms with E-state index in [0.717, 1.165) is 19.6 Å². The predicted molar refractivity (Wildman–Crippen MR) is 76.6 cm³/mol. The lowest BCUT2D eigenvalue weighted by molar-refractivity contribution is 0.0236. The Bertz CT molecular complexity index is 430. The largest absolute Gasteiger partial charge is 0.458 e. The van der Waals surface area contributed by atoms with Crippen molar-refractivity contribution in [2.45, 2.75) is 32.3 Å². The van der Waals surface area contributed by atoms with Crippen LogP contribution in [0.5, 0.6) is 0 Å². The lowest BCUT2D eigenvalue weighted by Gasteiger charge is -2.28. The van der Waals surface area contributed by atoms with Crippen LogP contribution in [0.25, 0.3) is 0 Å². The van der Waals surface area contributed by atoms with Crippen LogP contribution in [0, 0.1) is 0 Å². The molecule has 2 rings (SSSR count). The molecule has 0 radical (unpaired) electrons. The summed E-state index contributed by atoms with van der Waals surface area (Å²) in [6.45, 7) is 4.97. The molecule has 1 heterocycles. The SMILES string of the molecule is CC(CN1CCCCC1)OC(=O)c1cccc(Cl)c1. The zero-order valence-electron chi connectivity index (χ0n) is 11.3. The number of benzene rings is 1. The van der Waals surface area contributed by atoms with Crippen molar-refractivity contribution in [3.8, 4) is 0 Å². The van der Waals surface area contributed by atoms with Gasteiger partial charge in [0.2, 0.25) is 0 Å². The van der Waals surface area contributed by atoms with Crippen molar-refractivity contribution in [2.75, 3.05) is 19.6 Å². The van der Waals surface area contributed by atoms with E-state index in [1.54, 1.807) is 24.3 Å². The van der Waals surface area contributed by atoms with Crippen LogP contribution in [0.1, 0.15) is 36.5 Å². The molecule has 0 spiro atoms. The van der Waals surface area contributed by atoms with Gasteiger partial charge in [0.15, 0.2) is 0 Å². The predicted octanol–water partition coefficient (Wildman–Crippen LogP) is 3.37. The Kier molecular flexibility index (Phi) is 5.23. The number of ether oxygens (including phenoxy) is 1. The van der Waals surface area contributed by atoms with Crippen LogP contribution in [0.3, 0.4) is 0 Å². The Morgan fingerprint density at radius 2 is 2.11 bits per heavy atom. The molecular weight excluding hydrogens is 262 g/mol. The Hall–Kier alpha value is -1.06. The molecule has 0 bridgehead atoms. The van der Waals surface area contributed by atoms with Gasteiger partial charge >= 0.3 is 5.97 Å². The standard InChI is InChI=1S/C15H20ClNO2/c1-12(11-17-8-3-2-4-9-17)19-15(18)13-6-5-7-14(16)10-13/h5-7,10,12H,2-4,8-9,11H2,1H3. The van der Waals surface area contributed by atoms with E-state index < -0.39 is 0 Å². The number of rotatable bonds is 4. The average Bonchev–Trinajstić information content (AvgIpc) is 2.39. The maximum atomic E-state index is 11.9. The zero-order chi connectivity index (χ0) is 13.7. The first-order chi connectivity index (χ1) is 9.15. The first-order valence-electron chi connectivity index (χ1n) is 6.84. The Morgan fingerprint density at radius 1 is 1.37 bits per heavy atom. The van der Waals surface area contributed by atoms with Gasteiger partial charge in [-0.1, -0.05) is 24.1 Å². The van der Waals surface area contributed by atoms with Crippen molar-refractivity contribution >= 4 is 17.6 Å². The number of esters is 1. The van der Waals surface area contributed by atoms with Gasteiger partial charge in [0, 0.05) is 11.6 Å². The fourth-order valence-corrected chi connectivity index (χ4v) is 2.60. The van der Waals surface area contributed by atoms with E-state index in [4.69, 9.17) is 16.3 Å². The summed E-state index contributed by atoms with van der Waals surface area (Å²) in [4.78, 5) is 14.3. The third-order valence-electron chi connectivity index (χ3n) is 3.33. The second-order valence-electron chi connectivity index (χ2n) is 5.09. The van der Waals surface area contributed by atoms with Gasteiger partial charge < -0.3 is 4.74 Å². The van der Waals surface area contributed by atoms with Gasteiger partial charge in [0.1, 0.15) is 6.10 Å². The maximum Gasteiger partial charge on any atom is 0.338 e. The summed E-state index contributed by atoms with van der Waals surface area (Å²) < 4.78 is 5.45. The first kappa shape index (κ1) is 14.4. The minimum atomic E-state index is -0.299. The molecule has 0 aliphatic carbocycles. The summed E-state index contributed by atoms with van der Waals surface area (Å²) in [5.74, 6) is -0.299. The molecule has 1 aliphatic heterocycles. The van der Waals surface area contributed by atoms with Crippen LogP contribution in [0.2, 0.25) is 5.02 Å². The first-order valence-corrected chi connectivity index (χ1v) is 7.22. The lowest BCUT2D eigenvalue weighted by atomic mass is 10.1. The summed E-state index contributed by atoms with van der Waals surface area (Å²) in [6, 6.07) is 6.86. The number of hydrogen-bond donors (Lipinski definition) is 0. The molecule has 0 amide bonds. The Morgan fingerprint density at radius 3 is 2.79 bits per heavy atom. The number of likely N-dealkylation sites (tertiary alicyclic amines) is 1. The molecule has 0 aromatic heterocycles. The van der Waals surface area contributed by atoms with Gasteiger partial charge in [0.25, 0.3) is 0 Å². The summed E-state index contributed by atoms with van der Waals surface area (Å²) in [5.41, 5.74) is 0.512. The van der Waals surface area contributed by atoms with Gasteiger partial charge in [-0.05, 0) is 51.1 Å². The molecule has 1 aromatic carbocycles. The van der Waals surface area contributed by atoms with Crippen molar-refractivity contribution in [2.24, 2.45) is 0 Å². The van der Waals surface area contributed by atoms with E-state index in [2.05, 4.69) is 4.90 Å². The summed E-state index contributed by atoms with van der Waals surface area (Å²) in [5, 5.41) is 0.554. The van der Waals surface area contributed by atoms with E-state index >= 15 is 0 Å². The highest BCUT2D eigenvalue weighted by Gasteiger charge is 2.17. The molecule has 3 nitrogen and oxygen atoms in total. The molecule has 1 aromatic rings. The van der Waals surface area contributed by atoms with E-state index in [1.165, 1.54) is 19.3 Å². The highest BCUT2D eigenvalue weighted by molar-refractivity contribution is 6.30. The van der Waals surface area contributed by atoms with Crippen molar-refractivity contribution < 1.29 is 9.53 Å². The monoisotopic (exact) mass is 281 g/mol. The molecule has 1 fully saturated rings. The van der Waals surface area contributed by atoms with Crippen LogP contribution in [0.4, 0.5) is 0 Å². The molecule has 19 heavy (non-hydrogen) atoms. The topological polar surface area (TPSA) is 29.5 Å². The van der Waals surface area contributed by atoms with Crippen LogP contribution in [-0.2, 0) is 4.74 Å². The lowest BCUT2D eigenvalue weighted by Crippen LogP contribution is -2.37. The molecule has 4 heteroatoms. The molecule has 104 valence electrons. The average molecular weight is 282 g/mol. The maximum absolute atomic E-state index is 11.9. The Labute approximate surface area is 119 Å². The van der Waals surface area contributed by atoms with Gasteiger partial charge in [-0.3, -0.25) is 4.90 Å². The zero-order valence-corrected chi connectivity index (χ0v) is 12.0. The van der Waals surface area contributed by atoms with Gasteiger partial charge in [-0.2, -0.15) is 0 Å². The van der Waals surface area contributed by atoms with Crippen LogP contribution < -0.4 is 0 Å². The number of carbonyl (C=O) groups is 1. The highest BCUT2D eigenvalue weighted by Crippen LogP contribution is 2.14. The van der Waals surface area contributed by atoms with Gasteiger partial charge in [0.05, 0.1) is 5.56 Å². The fourth-order valence-electron chi connectivity index (χ4n) is 2.41. The molecule has 1 aliphatic rings. The van der Waals surface area contributed by atoms with Crippen molar-refractivity contribution in [1.29, 1.82) is 0 Å². The second-order valence-corrected chi connectivity index (χ2v) is 5.52. The summed E-state index contributed by atoms with van der Waals surface area (Å²) in [6.07, 6.45) is 3.71. The number of carbonyl (C=O) groups excluding carboxylic acids is 1. The highest BCUT2D eigenvalue weighted by atomic mass is 35.5. The minimum Gasteiger partial charge on any atom is -0.458 e. The molecular formula is C15H20ClNO2. The number of halogens is 1. The van der Waals surface area contributed by atoms with Crippen LogP contribution in [-0.4, -0.2) is 36.6 Å². The van der Waals surface area contributed by atoms with E-state index in [9.17, 15) is 4.79 Å². The summed E-state index contributed by atoms with van der Waals surface area (Å²) >= 11 is 5.87. The molecule has 1 atom stereocenters. The van der Waals surface area contributed by atoms with E-state index in [-0.39, 0.29) is 12.1 Å². The fraction of sp³-hybridized carbons (Fsp3) is 0.533. The second kappa shape index (κ2) is 6.92. The third-order valence-corrected chi connectivity index (χ3v) is 3.57. The number of piperidine rings is 1. The molecule has 0 saturated carbocycles. The van der Waals surface area contributed by atoms with E-state index in [0.29, 0.717) is 10.6 Å². The quantitative estimate of drug-likeness (QED) is 0.793. The van der Waals surface area contributed by atoms with Gasteiger partial charge in [-0.25, -0.2) is 4.79 Å². The van der Waals surface area contributed by atoms with E-state index in [1.807, 2.05) is 6.92 Å². The smallest absolute Gasteiger partial charge is 0.338 e.